The molecule has 0 atom stereocenters. The van der Waals surface area contributed by atoms with E-state index in [9.17, 15) is 0 Å². The lowest BCUT2D eigenvalue weighted by atomic mass is 10.2. The van der Waals surface area contributed by atoms with Crippen molar-refractivity contribution in [2.45, 2.75) is 6.54 Å². The Labute approximate surface area is 82.6 Å². The number of halogens is 2. The molecule has 56 valence electrons. The fourth-order valence-corrected chi connectivity index (χ4v) is 0.877. The minimum Gasteiger partial charge on any atom is -0.326 e. The molecule has 2 N–H and O–H groups in total. The summed E-state index contributed by atoms with van der Waals surface area (Å²) in [6, 6.07) is 7.54. The van der Waals surface area contributed by atoms with Crippen molar-refractivity contribution in [1.82, 2.24) is 0 Å². The van der Waals surface area contributed by atoms with Crippen molar-refractivity contribution in [3.05, 3.63) is 34.9 Å². The fraction of sp³-hybridized carbons (Fsp3) is 0.143. The van der Waals surface area contributed by atoms with Crippen LogP contribution in [0, 0.1) is 0 Å². The van der Waals surface area contributed by atoms with Crippen LogP contribution in [-0.2, 0) is 6.54 Å². The van der Waals surface area contributed by atoms with Gasteiger partial charge in [-0.15, -0.1) is 24.0 Å². The summed E-state index contributed by atoms with van der Waals surface area (Å²) in [4.78, 5) is 0. The lowest BCUT2D eigenvalue weighted by molar-refractivity contribution is 1.07. The van der Waals surface area contributed by atoms with E-state index in [1.807, 2.05) is 24.3 Å². The Hall–Kier alpha value is 0.200. The third kappa shape index (κ3) is 2.86. The highest BCUT2D eigenvalue weighted by Gasteiger charge is 1.87. The summed E-state index contributed by atoms with van der Waals surface area (Å²) in [5.41, 5.74) is 6.43. The molecule has 0 aliphatic carbocycles. The molecular weight excluding hydrogens is 260 g/mol. The van der Waals surface area contributed by atoms with E-state index in [0.717, 1.165) is 10.6 Å². The number of hydrogen-bond donors (Lipinski definition) is 1. The minimum atomic E-state index is 0. The Balaban J connectivity index is 0.000000810. The third-order valence-corrected chi connectivity index (χ3v) is 1.36. The second-order valence-electron chi connectivity index (χ2n) is 1.83. The molecule has 0 bridgehead atoms. The predicted molar refractivity (Wildman–Crippen MR) is 54.8 cm³/mol. The van der Waals surface area contributed by atoms with Crippen molar-refractivity contribution in [3.8, 4) is 0 Å². The molecule has 0 unspecified atom stereocenters. The number of rotatable bonds is 1. The van der Waals surface area contributed by atoms with Gasteiger partial charge in [-0.2, -0.15) is 0 Å². The van der Waals surface area contributed by atoms with Crippen LogP contribution in [0.5, 0.6) is 0 Å². The fourth-order valence-electron chi connectivity index (χ4n) is 0.664. The molecule has 0 saturated carbocycles. The van der Waals surface area contributed by atoms with E-state index in [-0.39, 0.29) is 24.0 Å². The van der Waals surface area contributed by atoms with Crippen LogP contribution in [0.3, 0.4) is 0 Å². The van der Waals surface area contributed by atoms with Crippen LogP contribution in [0.4, 0.5) is 0 Å². The molecule has 0 aromatic heterocycles. The lowest BCUT2D eigenvalue weighted by Crippen LogP contribution is -1.94. The second-order valence-corrected chi connectivity index (χ2v) is 2.27. The SMILES string of the molecule is I.NCc1cccc(Cl)c1. The van der Waals surface area contributed by atoms with E-state index in [1.165, 1.54) is 0 Å². The molecule has 0 saturated heterocycles. The normalized spacial score (nSPS) is 8.60. The highest BCUT2D eigenvalue weighted by atomic mass is 127. The van der Waals surface area contributed by atoms with Crippen LogP contribution in [0.2, 0.25) is 5.02 Å². The summed E-state index contributed by atoms with van der Waals surface area (Å²) in [5, 5.41) is 0.748. The summed E-state index contributed by atoms with van der Waals surface area (Å²) in [6.45, 7) is 0.556. The molecule has 0 spiro atoms. The molecule has 0 aliphatic rings. The molecule has 10 heavy (non-hydrogen) atoms. The lowest BCUT2D eigenvalue weighted by Gasteiger charge is -1.93. The van der Waals surface area contributed by atoms with Gasteiger partial charge in [-0.3, -0.25) is 0 Å². The van der Waals surface area contributed by atoms with Crippen molar-refractivity contribution < 1.29 is 0 Å². The largest absolute Gasteiger partial charge is 0.326 e. The van der Waals surface area contributed by atoms with Crippen molar-refractivity contribution in [2.75, 3.05) is 0 Å². The first-order valence-electron chi connectivity index (χ1n) is 2.77. The first-order chi connectivity index (χ1) is 4.33. The van der Waals surface area contributed by atoms with Gasteiger partial charge in [0.1, 0.15) is 0 Å². The summed E-state index contributed by atoms with van der Waals surface area (Å²) >= 11 is 5.67. The molecule has 0 aliphatic heterocycles. The van der Waals surface area contributed by atoms with Gasteiger partial charge in [0.2, 0.25) is 0 Å². The van der Waals surface area contributed by atoms with E-state index in [0.29, 0.717) is 6.54 Å². The zero-order chi connectivity index (χ0) is 6.69. The number of hydrogen-bond acceptors (Lipinski definition) is 1. The van der Waals surface area contributed by atoms with Gasteiger partial charge in [-0.1, -0.05) is 23.7 Å². The Kier molecular flexibility index (Phi) is 5.03. The summed E-state index contributed by atoms with van der Waals surface area (Å²) in [5.74, 6) is 0. The zero-order valence-corrected chi connectivity index (χ0v) is 8.47. The highest BCUT2D eigenvalue weighted by molar-refractivity contribution is 14.0. The van der Waals surface area contributed by atoms with Crippen LogP contribution in [-0.4, -0.2) is 0 Å². The van der Waals surface area contributed by atoms with Gasteiger partial charge in [0.25, 0.3) is 0 Å². The Morgan fingerprint density at radius 3 is 2.50 bits per heavy atom. The van der Waals surface area contributed by atoms with E-state index in [1.54, 1.807) is 0 Å². The van der Waals surface area contributed by atoms with Gasteiger partial charge in [0.05, 0.1) is 0 Å². The van der Waals surface area contributed by atoms with E-state index in [2.05, 4.69) is 0 Å². The maximum absolute atomic E-state index is 5.67. The van der Waals surface area contributed by atoms with E-state index < -0.39 is 0 Å². The molecule has 1 aromatic rings. The Morgan fingerprint density at radius 1 is 1.40 bits per heavy atom. The smallest absolute Gasteiger partial charge is 0.0409 e. The van der Waals surface area contributed by atoms with Crippen LogP contribution < -0.4 is 5.73 Å². The average Bonchev–Trinajstić information content (AvgIpc) is 1.88. The average molecular weight is 270 g/mol. The van der Waals surface area contributed by atoms with Crippen molar-refractivity contribution in [1.29, 1.82) is 0 Å². The molecule has 0 radical (unpaired) electrons. The number of nitrogens with two attached hydrogens (primary N) is 1. The molecule has 1 aromatic carbocycles. The van der Waals surface area contributed by atoms with Gasteiger partial charge in [-0.25, -0.2) is 0 Å². The van der Waals surface area contributed by atoms with Crippen molar-refractivity contribution in [2.24, 2.45) is 5.73 Å². The topological polar surface area (TPSA) is 26.0 Å². The third-order valence-electron chi connectivity index (χ3n) is 1.12. The number of benzene rings is 1. The van der Waals surface area contributed by atoms with Gasteiger partial charge in [-0.05, 0) is 17.7 Å². The second kappa shape index (κ2) is 4.93. The maximum Gasteiger partial charge on any atom is 0.0409 e. The standard InChI is InChI=1S/C7H8ClN.HI/c8-7-3-1-2-6(4-7)5-9;/h1-4H,5,9H2;1H. The van der Waals surface area contributed by atoms with Crippen LogP contribution in [0.1, 0.15) is 5.56 Å². The molecule has 0 fully saturated rings. The first kappa shape index (κ1) is 10.2. The Morgan fingerprint density at radius 2 is 2.10 bits per heavy atom. The summed E-state index contributed by atoms with van der Waals surface area (Å²) in [7, 11) is 0. The van der Waals surface area contributed by atoms with Crippen LogP contribution in [0.25, 0.3) is 0 Å². The van der Waals surface area contributed by atoms with Crippen molar-refractivity contribution in [3.63, 3.8) is 0 Å². The minimum absolute atomic E-state index is 0. The Bertz CT molecular complexity index is 203. The predicted octanol–water partition coefficient (Wildman–Crippen LogP) is 2.42. The molecule has 1 rings (SSSR count). The van der Waals surface area contributed by atoms with Crippen molar-refractivity contribution >= 4 is 35.6 Å². The van der Waals surface area contributed by atoms with Gasteiger partial charge < -0.3 is 5.73 Å². The molecular formula is C7H9ClIN. The quantitative estimate of drug-likeness (QED) is 0.779. The molecule has 0 amide bonds. The summed E-state index contributed by atoms with van der Waals surface area (Å²) in [6.07, 6.45) is 0. The monoisotopic (exact) mass is 269 g/mol. The van der Waals surface area contributed by atoms with E-state index >= 15 is 0 Å². The highest BCUT2D eigenvalue weighted by Crippen LogP contribution is 2.09. The zero-order valence-electron chi connectivity index (χ0n) is 5.38. The maximum atomic E-state index is 5.67. The molecule has 1 nitrogen and oxygen atoms in total. The first-order valence-corrected chi connectivity index (χ1v) is 3.15. The van der Waals surface area contributed by atoms with Gasteiger partial charge in [0, 0.05) is 11.6 Å². The van der Waals surface area contributed by atoms with Gasteiger partial charge in [0.15, 0.2) is 0 Å². The molecule has 0 heterocycles. The van der Waals surface area contributed by atoms with Crippen LogP contribution >= 0.6 is 35.6 Å². The van der Waals surface area contributed by atoms with Gasteiger partial charge >= 0.3 is 0 Å². The van der Waals surface area contributed by atoms with E-state index in [4.69, 9.17) is 17.3 Å². The summed E-state index contributed by atoms with van der Waals surface area (Å²) < 4.78 is 0. The molecule has 3 heteroatoms. The van der Waals surface area contributed by atoms with Crippen LogP contribution in [0.15, 0.2) is 24.3 Å².